The number of benzene rings is 1. The lowest BCUT2D eigenvalue weighted by molar-refractivity contribution is 0.309. The maximum atomic E-state index is 13.3. The second-order valence-electron chi connectivity index (χ2n) is 4.39. The minimum Gasteiger partial charge on any atom is -0.492 e. The molecule has 0 aliphatic rings. The van der Waals surface area contributed by atoms with Crippen LogP contribution in [0, 0.1) is 5.82 Å². The highest BCUT2D eigenvalue weighted by Gasteiger charge is 2.08. The summed E-state index contributed by atoms with van der Waals surface area (Å²) in [5.41, 5.74) is 5.50. The molecule has 0 atom stereocenters. The third kappa shape index (κ3) is 4.03. The average molecular weight is 312 g/mol. The molecule has 1 aromatic carbocycles. The average Bonchev–Trinajstić information content (AvgIpc) is 2.47. The molecule has 1 aromatic heterocycles. The van der Waals surface area contributed by atoms with Crippen LogP contribution in [0.5, 0.6) is 5.75 Å². The number of halogens is 2. The molecule has 1 heterocycles. The summed E-state index contributed by atoms with van der Waals surface area (Å²) in [6.07, 6.45) is 2.13. The van der Waals surface area contributed by atoms with Crippen LogP contribution >= 0.6 is 11.6 Å². The maximum absolute atomic E-state index is 13.3. The lowest BCUT2D eigenvalue weighted by Crippen LogP contribution is -2.23. The Kier molecular flexibility index (Phi) is 5.30. The SMILES string of the molecule is NCCCOc1cnn(Cc2cccc(F)c2Cl)c(=O)c1. The van der Waals surface area contributed by atoms with E-state index in [0.29, 0.717) is 30.9 Å². The van der Waals surface area contributed by atoms with Gasteiger partial charge in [-0.15, -0.1) is 0 Å². The first kappa shape index (κ1) is 15.5. The highest BCUT2D eigenvalue weighted by molar-refractivity contribution is 6.31. The maximum Gasteiger partial charge on any atom is 0.270 e. The van der Waals surface area contributed by atoms with Gasteiger partial charge in [-0.05, 0) is 24.6 Å². The predicted molar refractivity (Wildman–Crippen MR) is 78.2 cm³/mol. The molecule has 2 rings (SSSR count). The van der Waals surface area contributed by atoms with Crippen LogP contribution in [-0.2, 0) is 6.54 Å². The fourth-order valence-corrected chi connectivity index (χ4v) is 1.91. The van der Waals surface area contributed by atoms with E-state index < -0.39 is 5.82 Å². The van der Waals surface area contributed by atoms with E-state index in [-0.39, 0.29) is 17.1 Å². The van der Waals surface area contributed by atoms with Gasteiger partial charge < -0.3 is 10.5 Å². The van der Waals surface area contributed by atoms with Crippen LogP contribution < -0.4 is 16.0 Å². The molecule has 0 aliphatic heterocycles. The van der Waals surface area contributed by atoms with Crippen LogP contribution in [0.2, 0.25) is 5.02 Å². The first-order valence-corrected chi connectivity index (χ1v) is 6.82. The summed E-state index contributed by atoms with van der Waals surface area (Å²) in [5, 5.41) is 3.98. The Hall–Kier alpha value is -1.92. The monoisotopic (exact) mass is 311 g/mol. The van der Waals surface area contributed by atoms with Gasteiger partial charge in [0.1, 0.15) is 11.6 Å². The molecular formula is C14H15ClFN3O2. The van der Waals surface area contributed by atoms with E-state index in [9.17, 15) is 9.18 Å². The Morgan fingerprint density at radius 2 is 2.24 bits per heavy atom. The van der Waals surface area contributed by atoms with E-state index in [2.05, 4.69) is 5.10 Å². The summed E-state index contributed by atoms with van der Waals surface area (Å²) in [4.78, 5) is 11.9. The van der Waals surface area contributed by atoms with Gasteiger partial charge >= 0.3 is 0 Å². The van der Waals surface area contributed by atoms with Gasteiger partial charge in [0.25, 0.3) is 5.56 Å². The third-order valence-electron chi connectivity index (χ3n) is 2.81. The normalized spacial score (nSPS) is 10.6. The molecule has 2 aromatic rings. The van der Waals surface area contributed by atoms with Gasteiger partial charge in [0.15, 0.2) is 0 Å². The number of rotatable bonds is 6. The van der Waals surface area contributed by atoms with Crippen molar-refractivity contribution in [2.24, 2.45) is 5.73 Å². The molecule has 0 saturated carbocycles. The zero-order chi connectivity index (χ0) is 15.2. The summed E-state index contributed by atoms with van der Waals surface area (Å²) in [7, 11) is 0. The lowest BCUT2D eigenvalue weighted by Gasteiger charge is -2.09. The van der Waals surface area contributed by atoms with Crippen LogP contribution in [-0.4, -0.2) is 22.9 Å². The second kappa shape index (κ2) is 7.19. The van der Waals surface area contributed by atoms with Crippen molar-refractivity contribution in [2.45, 2.75) is 13.0 Å². The summed E-state index contributed by atoms with van der Waals surface area (Å²) < 4.78 is 19.9. The third-order valence-corrected chi connectivity index (χ3v) is 3.24. The van der Waals surface area contributed by atoms with Crippen molar-refractivity contribution in [3.05, 3.63) is 57.2 Å². The molecule has 0 fully saturated rings. The van der Waals surface area contributed by atoms with Crippen molar-refractivity contribution in [2.75, 3.05) is 13.2 Å². The van der Waals surface area contributed by atoms with Gasteiger partial charge in [-0.25, -0.2) is 9.07 Å². The Bertz CT molecular complexity index is 676. The van der Waals surface area contributed by atoms with Crippen molar-refractivity contribution in [1.29, 1.82) is 0 Å². The largest absolute Gasteiger partial charge is 0.492 e. The van der Waals surface area contributed by atoms with Crippen molar-refractivity contribution in [3.8, 4) is 5.75 Å². The van der Waals surface area contributed by atoms with E-state index in [1.807, 2.05) is 0 Å². The summed E-state index contributed by atoms with van der Waals surface area (Å²) >= 11 is 5.86. The molecule has 112 valence electrons. The van der Waals surface area contributed by atoms with Gasteiger partial charge in [-0.3, -0.25) is 4.79 Å². The smallest absolute Gasteiger partial charge is 0.270 e. The number of hydrogen-bond acceptors (Lipinski definition) is 4. The van der Waals surface area contributed by atoms with Gasteiger partial charge in [-0.2, -0.15) is 5.10 Å². The Balaban J connectivity index is 2.14. The zero-order valence-corrected chi connectivity index (χ0v) is 12.0. The standard InChI is InChI=1S/C14H15ClFN3O2/c15-14-10(3-1-4-12(14)16)9-19-13(20)7-11(8-18-19)21-6-2-5-17/h1,3-4,7-8H,2,5-6,9,17H2. The molecule has 0 unspecified atom stereocenters. The lowest BCUT2D eigenvalue weighted by atomic mass is 10.2. The number of ether oxygens (including phenoxy) is 1. The molecule has 0 amide bonds. The van der Waals surface area contributed by atoms with E-state index in [4.69, 9.17) is 22.1 Å². The van der Waals surface area contributed by atoms with Crippen molar-refractivity contribution in [3.63, 3.8) is 0 Å². The fourth-order valence-electron chi connectivity index (χ4n) is 1.72. The Morgan fingerprint density at radius 3 is 2.95 bits per heavy atom. The van der Waals surface area contributed by atoms with Crippen LogP contribution in [0.1, 0.15) is 12.0 Å². The number of aromatic nitrogens is 2. The second-order valence-corrected chi connectivity index (χ2v) is 4.77. The summed E-state index contributed by atoms with van der Waals surface area (Å²) in [5.74, 6) is -0.140. The molecule has 5 nitrogen and oxygen atoms in total. The molecule has 7 heteroatoms. The Labute approximate surface area is 126 Å². The highest BCUT2D eigenvalue weighted by Crippen LogP contribution is 2.20. The predicted octanol–water partition coefficient (Wildman–Crippen LogP) is 1.81. The summed E-state index contributed by atoms with van der Waals surface area (Å²) in [6, 6.07) is 5.77. The number of nitrogens with two attached hydrogens (primary N) is 1. The highest BCUT2D eigenvalue weighted by atomic mass is 35.5. The minimum absolute atomic E-state index is 0.00512. The topological polar surface area (TPSA) is 70.1 Å². The summed E-state index contributed by atoms with van der Waals surface area (Å²) in [6.45, 7) is 1.04. The van der Waals surface area contributed by atoms with E-state index >= 15 is 0 Å². The van der Waals surface area contributed by atoms with Crippen LogP contribution in [0.15, 0.2) is 35.3 Å². The number of nitrogens with zero attached hydrogens (tertiary/aromatic N) is 2. The minimum atomic E-state index is -0.524. The first-order valence-electron chi connectivity index (χ1n) is 6.44. The Morgan fingerprint density at radius 1 is 1.43 bits per heavy atom. The molecule has 0 aliphatic carbocycles. The van der Waals surface area contributed by atoms with E-state index in [0.717, 1.165) is 0 Å². The van der Waals surface area contributed by atoms with Crippen molar-refractivity contribution in [1.82, 2.24) is 9.78 Å². The first-order chi connectivity index (χ1) is 10.1. The van der Waals surface area contributed by atoms with Crippen molar-refractivity contribution >= 4 is 11.6 Å². The van der Waals surface area contributed by atoms with Gasteiger partial charge in [0.05, 0.1) is 24.4 Å². The van der Waals surface area contributed by atoms with Crippen LogP contribution in [0.25, 0.3) is 0 Å². The zero-order valence-electron chi connectivity index (χ0n) is 11.3. The van der Waals surface area contributed by atoms with Gasteiger partial charge in [0, 0.05) is 6.07 Å². The molecule has 0 radical (unpaired) electrons. The van der Waals surface area contributed by atoms with Gasteiger partial charge in [0.2, 0.25) is 0 Å². The molecule has 0 bridgehead atoms. The number of hydrogen-bond donors (Lipinski definition) is 1. The van der Waals surface area contributed by atoms with E-state index in [1.54, 1.807) is 6.07 Å². The van der Waals surface area contributed by atoms with Crippen LogP contribution in [0.4, 0.5) is 4.39 Å². The molecule has 0 spiro atoms. The molecular weight excluding hydrogens is 297 g/mol. The molecule has 2 N–H and O–H groups in total. The quantitative estimate of drug-likeness (QED) is 0.826. The fraction of sp³-hybridized carbons (Fsp3) is 0.286. The van der Waals surface area contributed by atoms with E-state index in [1.165, 1.54) is 29.1 Å². The van der Waals surface area contributed by atoms with Gasteiger partial charge in [-0.1, -0.05) is 23.7 Å². The van der Waals surface area contributed by atoms with Crippen molar-refractivity contribution < 1.29 is 9.13 Å². The molecule has 0 saturated heterocycles. The molecule has 21 heavy (non-hydrogen) atoms. The van der Waals surface area contributed by atoms with Crippen LogP contribution in [0.3, 0.4) is 0 Å².